The Morgan fingerprint density at radius 3 is 1.86 bits per heavy atom. The number of benzene rings is 2. The van der Waals surface area contributed by atoms with E-state index in [1.165, 1.54) is 7.11 Å². The summed E-state index contributed by atoms with van der Waals surface area (Å²) in [6, 6.07) is 15.0. The first kappa shape index (κ1) is 22.4. The number of carbonyl (C=O) groups is 2. The first-order chi connectivity index (χ1) is 13.5. The normalized spacial score (nSPS) is 18.2. The van der Waals surface area contributed by atoms with Gasteiger partial charge < -0.3 is 15.8 Å². The molecule has 4 N–H and O–H groups in total. The second kappa shape index (κ2) is 10.1. The zero-order chi connectivity index (χ0) is 20.1. The molecule has 0 unspecified atom stereocenters. The fraction of sp³-hybridized carbons (Fsp3) is 0.318. The summed E-state index contributed by atoms with van der Waals surface area (Å²) >= 11 is 0. The van der Waals surface area contributed by atoms with Crippen molar-refractivity contribution >= 4 is 30.1 Å². The predicted octanol–water partition coefficient (Wildman–Crippen LogP) is 3.52. The van der Waals surface area contributed by atoms with Crippen LogP contribution in [-0.2, 0) is 9.53 Å². The molecule has 3 rings (SSSR count). The molecule has 0 radical (unpaired) electrons. The Kier molecular flexibility index (Phi) is 7.79. The van der Waals surface area contributed by atoms with Crippen LogP contribution in [-0.4, -0.2) is 30.9 Å². The second-order valence-corrected chi connectivity index (χ2v) is 7.11. The fourth-order valence-corrected chi connectivity index (χ4v) is 3.57. The van der Waals surface area contributed by atoms with Gasteiger partial charge in [0.25, 0.3) is 5.91 Å². The zero-order valence-corrected chi connectivity index (χ0v) is 17.1. The average Bonchev–Trinajstić information content (AvgIpc) is 2.74. The van der Waals surface area contributed by atoms with E-state index in [0.29, 0.717) is 11.1 Å². The van der Waals surface area contributed by atoms with Crippen molar-refractivity contribution < 1.29 is 14.3 Å². The highest BCUT2D eigenvalue weighted by Crippen LogP contribution is 2.26. The molecule has 0 bridgehead atoms. The highest BCUT2D eigenvalue weighted by molar-refractivity contribution is 5.96. The first-order valence-electron chi connectivity index (χ1n) is 9.41. The van der Waals surface area contributed by atoms with Gasteiger partial charge in [0.1, 0.15) is 5.84 Å². The molecule has 154 valence electrons. The molecule has 0 aliphatic heterocycles. The van der Waals surface area contributed by atoms with Crippen LogP contribution in [0.4, 0.5) is 0 Å². The molecule has 2 aromatic rings. The summed E-state index contributed by atoms with van der Waals surface area (Å²) in [6.07, 6.45) is 3.05. The van der Waals surface area contributed by atoms with Crippen molar-refractivity contribution in [2.24, 2.45) is 11.7 Å². The lowest BCUT2D eigenvalue weighted by molar-refractivity contribution is -0.146. The van der Waals surface area contributed by atoms with Gasteiger partial charge in [0.05, 0.1) is 13.0 Å². The number of ether oxygens (including phenoxy) is 1. The minimum Gasteiger partial charge on any atom is -0.469 e. The Hall–Kier alpha value is -2.86. The maximum absolute atomic E-state index is 12.5. The third-order valence-electron chi connectivity index (χ3n) is 5.27. The maximum Gasteiger partial charge on any atom is 0.308 e. The summed E-state index contributed by atoms with van der Waals surface area (Å²) in [5.41, 5.74) is 8.76. The number of hydrogen-bond acceptors (Lipinski definition) is 4. The molecule has 0 heterocycles. The van der Waals surface area contributed by atoms with E-state index in [4.69, 9.17) is 15.9 Å². The molecular weight excluding hydrogens is 390 g/mol. The van der Waals surface area contributed by atoms with Crippen molar-refractivity contribution in [3.63, 3.8) is 0 Å². The summed E-state index contributed by atoms with van der Waals surface area (Å²) in [4.78, 5) is 24.1. The van der Waals surface area contributed by atoms with Gasteiger partial charge in [-0.15, -0.1) is 12.4 Å². The molecule has 0 atom stereocenters. The van der Waals surface area contributed by atoms with E-state index in [2.05, 4.69) is 5.32 Å². The maximum atomic E-state index is 12.5. The SMILES string of the molecule is COC(=O)C1CCC(NC(=O)c2ccc(-c3ccc(C(=N)N)cc3)cc2)CC1.Cl. The number of nitrogen functional groups attached to an aromatic ring is 1. The molecular formula is C22H26ClN3O3. The Labute approximate surface area is 176 Å². The van der Waals surface area contributed by atoms with Crippen molar-refractivity contribution in [2.75, 3.05) is 7.11 Å². The van der Waals surface area contributed by atoms with Gasteiger partial charge in [-0.2, -0.15) is 0 Å². The van der Waals surface area contributed by atoms with Crippen LogP contribution in [0.1, 0.15) is 41.6 Å². The lowest BCUT2D eigenvalue weighted by Crippen LogP contribution is -2.38. The zero-order valence-electron chi connectivity index (χ0n) is 16.3. The second-order valence-electron chi connectivity index (χ2n) is 7.11. The van der Waals surface area contributed by atoms with Gasteiger partial charge in [0.2, 0.25) is 0 Å². The molecule has 0 spiro atoms. The van der Waals surface area contributed by atoms with Gasteiger partial charge in [-0.05, 0) is 48.9 Å². The Balaban J connectivity index is 0.00000300. The summed E-state index contributed by atoms with van der Waals surface area (Å²) in [5, 5.41) is 10.5. The standard InChI is InChI=1S/C22H25N3O3.ClH/c1-28-22(27)18-10-12-19(13-11-18)25-21(26)17-8-4-15(5-9-17)14-2-6-16(7-3-14)20(23)24;/h2-9,18-19H,10-13H2,1H3,(H3,23,24)(H,25,26);1H. The van der Waals surface area contributed by atoms with Crippen LogP contribution in [0, 0.1) is 11.3 Å². The highest BCUT2D eigenvalue weighted by Gasteiger charge is 2.27. The number of halogens is 1. The van der Waals surface area contributed by atoms with Gasteiger partial charge in [-0.25, -0.2) is 0 Å². The number of nitrogens with two attached hydrogens (primary N) is 1. The lowest BCUT2D eigenvalue weighted by Gasteiger charge is -2.27. The number of rotatable bonds is 5. The number of nitrogens with one attached hydrogen (secondary N) is 2. The number of hydrogen-bond donors (Lipinski definition) is 3. The van der Waals surface area contributed by atoms with E-state index in [1.54, 1.807) is 0 Å². The van der Waals surface area contributed by atoms with Crippen LogP contribution in [0.25, 0.3) is 11.1 Å². The number of methoxy groups -OCH3 is 1. The molecule has 1 saturated carbocycles. The lowest BCUT2D eigenvalue weighted by atomic mass is 9.86. The molecule has 6 nitrogen and oxygen atoms in total. The Bertz CT molecular complexity index is 858. The monoisotopic (exact) mass is 415 g/mol. The predicted molar refractivity (Wildman–Crippen MR) is 115 cm³/mol. The summed E-state index contributed by atoms with van der Waals surface area (Å²) in [6.45, 7) is 0. The van der Waals surface area contributed by atoms with E-state index in [-0.39, 0.29) is 42.1 Å². The minimum absolute atomic E-state index is 0. The molecule has 29 heavy (non-hydrogen) atoms. The van der Waals surface area contributed by atoms with Crippen molar-refractivity contribution in [1.29, 1.82) is 5.41 Å². The van der Waals surface area contributed by atoms with Crippen LogP contribution >= 0.6 is 12.4 Å². The molecule has 0 saturated heterocycles. The Morgan fingerprint density at radius 2 is 1.41 bits per heavy atom. The van der Waals surface area contributed by atoms with Gasteiger partial charge in [0, 0.05) is 17.2 Å². The largest absolute Gasteiger partial charge is 0.469 e. The van der Waals surface area contributed by atoms with E-state index in [1.807, 2.05) is 48.5 Å². The first-order valence-corrected chi connectivity index (χ1v) is 9.41. The van der Waals surface area contributed by atoms with Crippen LogP contribution in [0.15, 0.2) is 48.5 Å². The fourth-order valence-electron chi connectivity index (χ4n) is 3.57. The van der Waals surface area contributed by atoms with Crippen molar-refractivity contribution in [2.45, 2.75) is 31.7 Å². The Morgan fingerprint density at radius 1 is 0.931 bits per heavy atom. The van der Waals surface area contributed by atoms with Gasteiger partial charge in [-0.1, -0.05) is 36.4 Å². The van der Waals surface area contributed by atoms with Crippen LogP contribution in [0.3, 0.4) is 0 Å². The van der Waals surface area contributed by atoms with Gasteiger partial charge >= 0.3 is 5.97 Å². The van der Waals surface area contributed by atoms with Gasteiger partial charge in [-0.3, -0.25) is 15.0 Å². The van der Waals surface area contributed by atoms with Crippen molar-refractivity contribution in [3.05, 3.63) is 59.7 Å². The minimum atomic E-state index is -0.156. The average molecular weight is 416 g/mol. The number of carbonyl (C=O) groups excluding carboxylic acids is 2. The molecule has 7 heteroatoms. The summed E-state index contributed by atoms with van der Waals surface area (Å²) < 4.78 is 4.80. The third kappa shape index (κ3) is 5.57. The topological polar surface area (TPSA) is 105 Å². The summed E-state index contributed by atoms with van der Waals surface area (Å²) in [7, 11) is 1.41. The van der Waals surface area contributed by atoms with Crippen LogP contribution in [0.5, 0.6) is 0 Å². The molecule has 1 fully saturated rings. The van der Waals surface area contributed by atoms with Gasteiger partial charge in [0.15, 0.2) is 0 Å². The molecule has 1 aliphatic rings. The summed E-state index contributed by atoms with van der Waals surface area (Å²) in [5.74, 6) is -0.261. The third-order valence-corrected chi connectivity index (χ3v) is 5.27. The molecule has 2 aromatic carbocycles. The smallest absolute Gasteiger partial charge is 0.308 e. The highest BCUT2D eigenvalue weighted by atomic mass is 35.5. The van der Waals surface area contributed by atoms with Crippen LogP contribution < -0.4 is 11.1 Å². The number of esters is 1. The van der Waals surface area contributed by atoms with Crippen molar-refractivity contribution in [3.8, 4) is 11.1 Å². The quantitative estimate of drug-likeness (QED) is 0.394. The molecule has 1 amide bonds. The molecule has 1 aliphatic carbocycles. The number of amides is 1. The number of amidine groups is 1. The van der Waals surface area contributed by atoms with E-state index in [0.717, 1.165) is 36.8 Å². The van der Waals surface area contributed by atoms with E-state index < -0.39 is 0 Å². The van der Waals surface area contributed by atoms with Crippen molar-refractivity contribution in [1.82, 2.24) is 5.32 Å². The van der Waals surface area contributed by atoms with E-state index >= 15 is 0 Å². The van der Waals surface area contributed by atoms with E-state index in [9.17, 15) is 9.59 Å². The van der Waals surface area contributed by atoms with Crippen LogP contribution in [0.2, 0.25) is 0 Å². The molecule has 0 aromatic heterocycles.